The Hall–Kier alpha value is -1.91. The highest BCUT2D eigenvalue weighted by molar-refractivity contribution is 5.37. The number of pyridine rings is 1. The average Bonchev–Trinajstić information content (AvgIpc) is 2.49. The Kier molecular flexibility index (Phi) is 4.71. The third-order valence-electron chi connectivity index (χ3n) is 3.11. The van der Waals surface area contributed by atoms with E-state index in [0.717, 1.165) is 5.56 Å². The molecule has 0 amide bonds. The van der Waals surface area contributed by atoms with E-state index in [1.165, 1.54) is 0 Å². The maximum atomic E-state index is 11.0. The van der Waals surface area contributed by atoms with Crippen molar-refractivity contribution < 1.29 is 14.6 Å². The van der Waals surface area contributed by atoms with E-state index in [1.54, 1.807) is 25.6 Å². The molecule has 0 saturated heterocycles. The van der Waals surface area contributed by atoms with E-state index < -0.39 is 5.60 Å². The average molecular weight is 273 g/mol. The molecule has 0 radical (unpaired) electrons. The summed E-state index contributed by atoms with van der Waals surface area (Å²) in [5.74, 6) is 0.635. The lowest BCUT2D eigenvalue weighted by molar-refractivity contribution is -0.00367. The topological polar surface area (TPSA) is 51.6 Å². The van der Waals surface area contributed by atoms with Gasteiger partial charge in [-0.15, -0.1) is 0 Å². The summed E-state index contributed by atoms with van der Waals surface area (Å²) in [6.07, 6.45) is 3.26. The number of benzene rings is 1. The van der Waals surface area contributed by atoms with Crippen molar-refractivity contribution in [3.63, 3.8) is 0 Å². The van der Waals surface area contributed by atoms with Gasteiger partial charge < -0.3 is 14.6 Å². The fraction of sp³-hybridized carbons (Fsp3) is 0.312. The Labute approximate surface area is 119 Å². The van der Waals surface area contributed by atoms with Gasteiger partial charge >= 0.3 is 0 Å². The van der Waals surface area contributed by atoms with Crippen LogP contribution in [0.25, 0.3) is 0 Å². The molecule has 1 unspecified atom stereocenters. The van der Waals surface area contributed by atoms with Crippen molar-refractivity contribution in [1.82, 2.24) is 4.98 Å². The lowest BCUT2D eigenvalue weighted by Crippen LogP contribution is -2.32. The van der Waals surface area contributed by atoms with E-state index >= 15 is 0 Å². The standard InChI is InChI=1S/C16H19NO3/c1-3-20-15-9-14(10-17-11-15)16(18,12-19-2)13-7-5-4-6-8-13/h4-11,18H,3,12H2,1-2H3. The quantitative estimate of drug-likeness (QED) is 0.878. The van der Waals surface area contributed by atoms with Crippen LogP contribution in [-0.2, 0) is 10.3 Å². The molecule has 4 nitrogen and oxygen atoms in total. The maximum absolute atomic E-state index is 11.0. The molecule has 0 fully saturated rings. The van der Waals surface area contributed by atoms with Crippen molar-refractivity contribution in [2.24, 2.45) is 0 Å². The first-order valence-electron chi connectivity index (χ1n) is 6.56. The third-order valence-corrected chi connectivity index (χ3v) is 3.11. The van der Waals surface area contributed by atoms with Crippen molar-refractivity contribution >= 4 is 0 Å². The van der Waals surface area contributed by atoms with Gasteiger partial charge in [-0.05, 0) is 18.6 Å². The smallest absolute Gasteiger partial charge is 0.139 e. The van der Waals surface area contributed by atoms with Crippen LogP contribution in [0.5, 0.6) is 5.75 Å². The number of nitrogens with zero attached hydrogens (tertiary/aromatic N) is 1. The Morgan fingerprint density at radius 2 is 1.90 bits per heavy atom. The Bertz CT molecular complexity index is 544. The van der Waals surface area contributed by atoms with Crippen molar-refractivity contribution in [1.29, 1.82) is 0 Å². The van der Waals surface area contributed by atoms with Gasteiger partial charge in [0.1, 0.15) is 11.4 Å². The largest absolute Gasteiger partial charge is 0.492 e. The molecule has 4 heteroatoms. The van der Waals surface area contributed by atoms with E-state index in [-0.39, 0.29) is 6.61 Å². The molecule has 1 atom stereocenters. The molecule has 0 aliphatic heterocycles. The monoisotopic (exact) mass is 273 g/mol. The fourth-order valence-corrected chi connectivity index (χ4v) is 2.15. The summed E-state index contributed by atoms with van der Waals surface area (Å²) in [5, 5.41) is 11.0. The summed E-state index contributed by atoms with van der Waals surface area (Å²) in [6.45, 7) is 2.61. The van der Waals surface area contributed by atoms with Crippen LogP contribution in [0.2, 0.25) is 0 Å². The molecule has 0 aliphatic rings. The third kappa shape index (κ3) is 2.98. The molecular formula is C16H19NO3. The number of aliphatic hydroxyl groups is 1. The first-order chi connectivity index (χ1) is 9.70. The van der Waals surface area contributed by atoms with Crippen molar-refractivity contribution in [2.45, 2.75) is 12.5 Å². The molecular weight excluding hydrogens is 254 g/mol. The molecule has 0 saturated carbocycles. The zero-order chi connectivity index (χ0) is 14.4. The maximum Gasteiger partial charge on any atom is 0.139 e. The van der Waals surface area contributed by atoms with Crippen LogP contribution in [-0.4, -0.2) is 30.4 Å². The predicted molar refractivity (Wildman–Crippen MR) is 76.7 cm³/mol. The van der Waals surface area contributed by atoms with Crippen LogP contribution >= 0.6 is 0 Å². The summed E-state index contributed by atoms with van der Waals surface area (Å²) in [4.78, 5) is 4.14. The Morgan fingerprint density at radius 1 is 1.15 bits per heavy atom. The lowest BCUT2D eigenvalue weighted by atomic mass is 9.88. The van der Waals surface area contributed by atoms with E-state index in [4.69, 9.17) is 9.47 Å². The number of methoxy groups -OCH3 is 1. The summed E-state index contributed by atoms with van der Waals surface area (Å²) < 4.78 is 10.6. The van der Waals surface area contributed by atoms with Gasteiger partial charge in [0.25, 0.3) is 0 Å². The molecule has 0 spiro atoms. The second-order valence-electron chi connectivity index (χ2n) is 4.50. The Morgan fingerprint density at radius 3 is 2.55 bits per heavy atom. The van der Waals surface area contributed by atoms with Crippen molar-refractivity contribution in [3.05, 3.63) is 59.9 Å². The Balaban J connectivity index is 2.45. The van der Waals surface area contributed by atoms with Crippen LogP contribution in [0.4, 0.5) is 0 Å². The molecule has 1 aromatic heterocycles. The van der Waals surface area contributed by atoms with Crippen LogP contribution in [0.3, 0.4) is 0 Å². The SMILES string of the molecule is CCOc1cncc(C(O)(COC)c2ccccc2)c1. The number of ether oxygens (including phenoxy) is 2. The van der Waals surface area contributed by atoms with Gasteiger partial charge in [-0.3, -0.25) is 4.98 Å². The molecule has 1 heterocycles. The second kappa shape index (κ2) is 6.50. The summed E-state index contributed by atoms with van der Waals surface area (Å²) in [6, 6.07) is 11.2. The number of hydrogen-bond acceptors (Lipinski definition) is 4. The molecule has 0 bridgehead atoms. The molecule has 1 N–H and O–H groups in total. The fourth-order valence-electron chi connectivity index (χ4n) is 2.15. The number of aromatic nitrogens is 1. The first kappa shape index (κ1) is 14.5. The highest BCUT2D eigenvalue weighted by Crippen LogP contribution is 2.31. The molecule has 2 aromatic rings. The van der Waals surface area contributed by atoms with Gasteiger partial charge in [0, 0.05) is 18.9 Å². The van der Waals surface area contributed by atoms with E-state index in [2.05, 4.69) is 4.98 Å². The van der Waals surface area contributed by atoms with Crippen LogP contribution in [0.15, 0.2) is 48.8 Å². The highest BCUT2D eigenvalue weighted by atomic mass is 16.5. The number of rotatable bonds is 6. The van der Waals surface area contributed by atoms with E-state index in [1.807, 2.05) is 37.3 Å². The first-order valence-corrected chi connectivity index (χ1v) is 6.56. The normalized spacial score (nSPS) is 13.8. The molecule has 106 valence electrons. The molecule has 1 aromatic carbocycles. The predicted octanol–water partition coefficient (Wildman–Crippen LogP) is 2.36. The summed E-state index contributed by atoms with van der Waals surface area (Å²) in [5.41, 5.74) is 0.171. The van der Waals surface area contributed by atoms with Gasteiger partial charge in [-0.2, -0.15) is 0 Å². The second-order valence-corrected chi connectivity index (χ2v) is 4.50. The zero-order valence-electron chi connectivity index (χ0n) is 11.7. The highest BCUT2D eigenvalue weighted by Gasteiger charge is 2.32. The van der Waals surface area contributed by atoms with Crippen LogP contribution in [0, 0.1) is 0 Å². The minimum absolute atomic E-state index is 0.147. The minimum atomic E-state index is -1.24. The van der Waals surface area contributed by atoms with Gasteiger partial charge in [0.15, 0.2) is 0 Å². The molecule has 20 heavy (non-hydrogen) atoms. The van der Waals surface area contributed by atoms with Crippen LogP contribution < -0.4 is 4.74 Å². The van der Waals surface area contributed by atoms with Gasteiger partial charge in [0.05, 0.1) is 19.4 Å². The van der Waals surface area contributed by atoms with Gasteiger partial charge in [-0.1, -0.05) is 30.3 Å². The van der Waals surface area contributed by atoms with Gasteiger partial charge in [-0.25, -0.2) is 0 Å². The van der Waals surface area contributed by atoms with Gasteiger partial charge in [0.2, 0.25) is 0 Å². The zero-order valence-corrected chi connectivity index (χ0v) is 11.7. The van der Waals surface area contributed by atoms with Crippen LogP contribution in [0.1, 0.15) is 18.1 Å². The summed E-state index contributed by atoms with van der Waals surface area (Å²) >= 11 is 0. The molecule has 0 aliphatic carbocycles. The lowest BCUT2D eigenvalue weighted by Gasteiger charge is -2.28. The number of hydrogen-bond donors (Lipinski definition) is 1. The molecule has 2 rings (SSSR count). The van der Waals surface area contributed by atoms with Crippen molar-refractivity contribution in [3.8, 4) is 5.75 Å². The summed E-state index contributed by atoms with van der Waals surface area (Å²) in [7, 11) is 1.56. The van der Waals surface area contributed by atoms with E-state index in [0.29, 0.717) is 17.9 Å². The van der Waals surface area contributed by atoms with E-state index in [9.17, 15) is 5.11 Å². The van der Waals surface area contributed by atoms with Crippen molar-refractivity contribution in [2.75, 3.05) is 20.3 Å². The minimum Gasteiger partial charge on any atom is -0.492 e.